The number of pyridine rings is 1. The van der Waals surface area contributed by atoms with Gasteiger partial charge in [-0.05, 0) is 48.7 Å². The average molecular weight is 433 g/mol. The van der Waals surface area contributed by atoms with Gasteiger partial charge in [-0.25, -0.2) is 4.39 Å². The fourth-order valence-corrected chi connectivity index (χ4v) is 3.92. The number of aromatic hydroxyl groups is 2. The van der Waals surface area contributed by atoms with Crippen LogP contribution in [0.5, 0.6) is 17.2 Å². The minimum Gasteiger partial charge on any atom is -0.504 e. The number of benzene rings is 2. The number of aromatic nitrogens is 1. The molecule has 8 heteroatoms. The molecule has 0 bridgehead atoms. The highest BCUT2D eigenvalue weighted by atomic mass is 19.1. The van der Waals surface area contributed by atoms with Crippen molar-refractivity contribution in [3.63, 3.8) is 0 Å². The van der Waals surface area contributed by atoms with Gasteiger partial charge in [-0.2, -0.15) is 5.26 Å². The summed E-state index contributed by atoms with van der Waals surface area (Å²) in [5, 5.41) is 28.9. The van der Waals surface area contributed by atoms with Crippen molar-refractivity contribution in [3.8, 4) is 23.3 Å². The zero-order valence-corrected chi connectivity index (χ0v) is 17.2. The predicted molar refractivity (Wildman–Crippen MR) is 115 cm³/mol. The zero-order valence-electron chi connectivity index (χ0n) is 17.2. The predicted octanol–water partition coefficient (Wildman–Crippen LogP) is 3.17. The summed E-state index contributed by atoms with van der Waals surface area (Å²) in [6.45, 7) is 2.05. The molecule has 32 heavy (non-hydrogen) atoms. The second kappa shape index (κ2) is 8.12. The first kappa shape index (κ1) is 21.0. The van der Waals surface area contributed by atoms with Crippen molar-refractivity contribution in [2.45, 2.75) is 25.8 Å². The van der Waals surface area contributed by atoms with E-state index >= 15 is 0 Å². The quantitative estimate of drug-likeness (QED) is 0.544. The maximum Gasteiger partial charge on any atom is 0.258 e. The fraction of sp³-hybridized carbons (Fsp3) is 0.167. The first-order valence-electron chi connectivity index (χ1n) is 9.88. The van der Waals surface area contributed by atoms with Crippen LogP contribution in [-0.4, -0.2) is 14.8 Å². The van der Waals surface area contributed by atoms with Crippen LogP contribution >= 0.6 is 0 Å². The molecule has 1 aliphatic heterocycles. The molecule has 162 valence electrons. The number of nitrogens with zero attached hydrogens (tertiary/aromatic N) is 2. The van der Waals surface area contributed by atoms with E-state index in [2.05, 4.69) is 0 Å². The summed E-state index contributed by atoms with van der Waals surface area (Å²) in [6.07, 6.45) is 0.415. The lowest BCUT2D eigenvalue weighted by atomic mass is 9.84. The van der Waals surface area contributed by atoms with Gasteiger partial charge in [-0.1, -0.05) is 18.2 Å². The van der Waals surface area contributed by atoms with Gasteiger partial charge in [0.1, 0.15) is 23.2 Å². The van der Waals surface area contributed by atoms with Gasteiger partial charge in [0, 0.05) is 18.3 Å². The molecule has 3 aromatic rings. The smallest absolute Gasteiger partial charge is 0.258 e. The molecule has 0 unspecified atom stereocenters. The van der Waals surface area contributed by atoms with E-state index in [1.807, 2.05) is 6.07 Å². The lowest BCUT2D eigenvalue weighted by Crippen LogP contribution is -2.33. The first-order chi connectivity index (χ1) is 15.3. The summed E-state index contributed by atoms with van der Waals surface area (Å²) in [7, 11) is 0. The van der Waals surface area contributed by atoms with Crippen molar-refractivity contribution in [3.05, 3.63) is 98.5 Å². The molecular formula is C24H20FN3O4. The van der Waals surface area contributed by atoms with Gasteiger partial charge < -0.3 is 25.3 Å². The van der Waals surface area contributed by atoms with E-state index in [0.29, 0.717) is 24.2 Å². The van der Waals surface area contributed by atoms with Gasteiger partial charge in [0.05, 0.1) is 11.5 Å². The number of halogens is 1. The van der Waals surface area contributed by atoms with Crippen LogP contribution in [0.3, 0.4) is 0 Å². The number of aryl methyl sites for hydroxylation is 2. The van der Waals surface area contributed by atoms with Crippen molar-refractivity contribution < 1.29 is 19.3 Å². The topological polar surface area (TPSA) is 122 Å². The number of phenols is 2. The lowest BCUT2D eigenvalue weighted by molar-refractivity contribution is 0.388. The Morgan fingerprint density at radius 3 is 2.53 bits per heavy atom. The Kier molecular flexibility index (Phi) is 5.33. The number of allylic oxidation sites excluding steroid dienone is 1. The summed E-state index contributed by atoms with van der Waals surface area (Å²) < 4.78 is 20.7. The minimum atomic E-state index is -0.790. The van der Waals surface area contributed by atoms with E-state index in [0.717, 1.165) is 5.56 Å². The maximum atomic E-state index is 13.5. The second-order valence-electron chi connectivity index (χ2n) is 7.57. The molecule has 0 saturated heterocycles. The van der Waals surface area contributed by atoms with Crippen LogP contribution in [0.25, 0.3) is 0 Å². The molecule has 0 fully saturated rings. The normalized spacial score (nSPS) is 15.1. The number of phenolic OH excluding ortho intramolecular Hbond substituents is 2. The lowest BCUT2D eigenvalue weighted by Gasteiger charge is -2.27. The monoisotopic (exact) mass is 433 g/mol. The molecule has 1 aromatic heterocycles. The molecule has 0 saturated carbocycles. The highest BCUT2D eigenvalue weighted by molar-refractivity contribution is 5.55. The van der Waals surface area contributed by atoms with Crippen molar-refractivity contribution >= 4 is 0 Å². The molecular weight excluding hydrogens is 413 g/mol. The summed E-state index contributed by atoms with van der Waals surface area (Å²) in [6, 6.07) is 13.8. The molecule has 4 rings (SSSR count). The molecule has 0 aliphatic carbocycles. The third-order valence-corrected chi connectivity index (χ3v) is 5.56. The van der Waals surface area contributed by atoms with E-state index in [-0.39, 0.29) is 39.8 Å². The van der Waals surface area contributed by atoms with Crippen LogP contribution in [0.2, 0.25) is 0 Å². The third kappa shape index (κ3) is 3.65. The number of nitrogens with two attached hydrogens (primary N) is 1. The number of nitriles is 1. The Labute approximate surface area is 183 Å². The first-order valence-corrected chi connectivity index (χ1v) is 9.88. The van der Waals surface area contributed by atoms with Gasteiger partial charge in [-0.15, -0.1) is 0 Å². The van der Waals surface area contributed by atoms with E-state index in [1.165, 1.54) is 36.4 Å². The summed E-state index contributed by atoms with van der Waals surface area (Å²) >= 11 is 0. The third-order valence-electron chi connectivity index (χ3n) is 5.56. The SMILES string of the molecule is Cc1cc2c(c(=O)n1CCc1ccc(O)c(O)c1)[C@H](c1ccc(F)cc1)C(C#N)=C(N)O2. The Morgan fingerprint density at radius 2 is 1.88 bits per heavy atom. The number of hydrogen-bond donors (Lipinski definition) is 3. The molecule has 0 amide bonds. The van der Waals surface area contributed by atoms with Crippen LogP contribution < -0.4 is 16.0 Å². The fourth-order valence-electron chi connectivity index (χ4n) is 3.92. The standard InChI is InChI=1S/C24H20FN3O4/c1-13-10-20-22(24(31)28(13)9-8-14-2-7-18(29)19(30)11-14)21(17(12-26)23(27)32-20)15-3-5-16(25)6-4-15/h2-7,10-11,21,29-30H,8-9,27H2,1H3/t21-/m1/s1. The van der Waals surface area contributed by atoms with Crippen LogP contribution in [-0.2, 0) is 13.0 Å². The van der Waals surface area contributed by atoms with Gasteiger partial charge in [0.15, 0.2) is 11.5 Å². The van der Waals surface area contributed by atoms with E-state index in [9.17, 15) is 24.7 Å². The van der Waals surface area contributed by atoms with E-state index in [1.54, 1.807) is 23.6 Å². The van der Waals surface area contributed by atoms with Gasteiger partial charge in [0.25, 0.3) is 5.56 Å². The maximum absolute atomic E-state index is 13.5. The summed E-state index contributed by atoms with van der Waals surface area (Å²) in [5.41, 5.74) is 7.86. The largest absolute Gasteiger partial charge is 0.504 e. The number of fused-ring (bicyclic) bond motifs is 1. The Morgan fingerprint density at radius 1 is 1.16 bits per heavy atom. The molecule has 7 nitrogen and oxygen atoms in total. The minimum absolute atomic E-state index is 0.0834. The molecule has 0 spiro atoms. The van der Waals surface area contributed by atoms with Crippen LogP contribution in [0.1, 0.15) is 28.3 Å². The van der Waals surface area contributed by atoms with Crippen molar-refractivity contribution in [2.24, 2.45) is 5.73 Å². The van der Waals surface area contributed by atoms with Crippen LogP contribution in [0.15, 0.2) is 64.8 Å². The van der Waals surface area contributed by atoms with Crippen LogP contribution in [0, 0.1) is 24.1 Å². The van der Waals surface area contributed by atoms with Crippen molar-refractivity contribution in [1.82, 2.24) is 4.57 Å². The van der Waals surface area contributed by atoms with E-state index in [4.69, 9.17) is 10.5 Å². The van der Waals surface area contributed by atoms with E-state index < -0.39 is 11.7 Å². The molecule has 4 N–H and O–H groups in total. The molecule has 2 aromatic carbocycles. The van der Waals surface area contributed by atoms with Crippen molar-refractivity contribution in [2.75, 3.05) is 0 Å². The highest BCUT2D eigenvalue weighted by Gasteiger charge is 2.34. The number of ether oxygens (including phenoxy) is 1. The second-order valence-corrected chi connectivity index (χ2v) is 7.57. The van der Waals surface area contributed by atoms with Gasteiger partial charge in [0.2, 0.25) is 5.88 Å². The van der Waals surface area contributed by atoms with Crippen molar-refractivity contribution in [1.29, 1.82) is 5.26 Å². The molecule has 1 aliphatic rings. The number of rotatable bonds is 4. The number of hydrogen-bond acceptors (Lipinski definition) is 6. The van der Waals surface area contributed by atoms with Gasteiger partial charge >= 0.3 is 0 Å². The summed E-state index contributed by atoms with van der Waals surface area (Å²) in [5.74, 6) is -1.51. The summed E-state index contributed by atoms with van der Waals surface area (Å²) in [4.78, 5) is 13.5. The molecule has 0 radical (unpaired) electrons. The Balaban J connectivity index is 1.80. The average Bonchev–Trinajstić information content (AvgIpc) is 2.75. The Hall–Kier alpha value is -4.25. The highest BCUT2D eigenvalue weighted by Crippen LogP contribution is 2.40. The van der Waals surface area contributed by atoms with Crippen LogP contribution in [0.4, 0.5) is 4.39 Å². The molecule has 2 heterocycles. The van der Waals surface area contributed by atoms with Gasteiger partial charge in [-0.3, -0.25) is 4.79 Å². The molecule has 1 atom stereocenters. The zero-order chi connectivity index (χ0) is 23.0. The Bertz CT molecular complexity index is 1340.